The SMILES string of the molecule is O=C(c1cc(Br)ccc1Cl)N(C1CC1)C1CCS(=O)(=O)C1. The lowest BCUT2D eigenvalue weighted by Gasteiger charge is -2.28. The number of benzene rings is 1. The highest BCUT2D eigenvalue weighted by molar-refractivity contribution is 9.10. The molecule has 7 heteroatoms. The van der Waals surface area contributed by atoms with E-state index in [1.54, 1.807) is 23.1 Å². The zero-order valence-electron chi connectivity index (χ0n) is 11.3. The third-order valence-electron chi connectivity index (χ3n) is 3.94. The highest BCUT2D eigenvalue weighted by Crippen LogP contribution is 2.35. The largest absolute Gasteiger partial charge is 0.332 e. The molecule has 1 heterocycles. The molecule has 21 heavy (non-hydrogen) atoms. The van der Waals surface area contributed by atoms with Gasteiger partial charge in [0.05, 0.1) is 22.1 Å². The van der Waals surface area contributed by atoms with Crippen molar-refractivity contribution in [2.75, 3.05) is 11.5 Å². The van der Waals surface area contributed by atoms with E-state index in [2.05, 4.69) is 15.9 Å². The van der Waals surface area contributed by atoms with Crippen LogP contribution in [0.25, 0.3) is 0 Å². The average Bonchev–Trinajstić information content (AvgIpc) is 3.17. The highest BCUT2D eigenvalue weighted by Gasteiger charge is 2.42. The van der Waals surface area contributed by atoms with Gasteiger partial charge in [-0.2, -0.15) is 0 Å². The summed E-state index contributed by atoms with van der Waals surface area (Å²) in [5.74, 6) is 0.0761. The Morgan fingerprint density at radius 2 is 1.95 bits per heavy atom. The number of halogens is 2. The van der Waals surface area contributed by atoms with E-state index in [0.717, 1.165) is 17.3 Å². The number of amides is 1. The Hall–Kier alpha value is -0.590. The first-order chi connectivity index (χ1) is 9.87. The molecule has 0 spiro atoms. The quantitative estimate of drug-likeness (QED) is 0.795. The van der Waals surface area contributed by atoms with Crippen LogP contribution < -0.4 is 0 Å². The van der Waals surface area contributed by atoms with Gasteiger partial charge in [0.25, 0.3) is 5.91 Å². The van der Waals surface area contributed by atoms with Crippen LogP contribution in [0, 0.1) is 0 Å². The van der Waals surface area contributed by atoms with Crippen LogP contribution in [0.5, 0.6) is 0 Å². The Morgan fingerprint density at radius 3 is 2.52 bits per heavy atom. The number of carbonyl (C=O) groups is 1. The number of nitrogens with zero attached hydrogens (tertiary/aromatic N) is 1. The summed E-state index contributed by atoms with van der Waals surface area (Å²) in [6, 6.07) is 5.09. The first kappa shape index (κ1) is 15.3. The van der Waals surface area contributed by atoms with Crippen LogP contribution in [0.2, 0.25) is 5.02 Å². The van der Waals surface area contributed by atoms with E-state index in [0.29, 0.717) is 17.0 Å². The van der Waals surface area contributed by atoms with E-state index >= 15 is 0 Å². The standard InChI is InChI=1S/C14H15BrClNO3S/c15-9-1-4-13(16)12(7-9)14(18)17(10-2-3-10)11-5-6-21(19,20)8-11/h1,4,7,10-11H,2-3,5-6,8H2. The predicted molar refractivity (Wildman–Crippen MR) is 85.4 cm³/mol. The molecule has 1 aromatic rings. The molecule has 1 aliphatic heterocycles. The fraction of sp³-hybridized carbons (Fsp3) is 0.500. The fourth-order valence-electron chi connectivity index (χ4n) is 2.78. The molecule has 1 amide bonds. The Kier molecular flexibility index (Phi) is 4.05. The molecule has 1 atom stereocenters. The molecular weight excluding hydrogens is 378 g/mol. The smallest absolute Gasteiger partial charge is 0.255 e. The monoisotopic (exact) mass is 391 g/mol. The molecule has 1 aromatic carbocycles. The summed E-state index contributed by atoms with van der Waals surface area (Å²) in [6.07, 6.45) is 2.40. The second-order valence-corrected chi connectivity index (χ2v) is 9.18. The molecular formula is C14H15BrClNO3S. The highest BCUT2D eigenvalue weighted by atomic mass is 79.9. The minimum absolute atomic E-state index is 0.0703. The summed E-state index contributed by atoms with van der Waals surface area (Å²) in [5, 5.41) is 0.398. The van der Waals surface area contributed by atoms with Gasteiger partial charge in [0.15, 0.2) is 9.84 Å². The molecule has 1 saturated carbocycles. The minimum Gasteiger partial charge on any atom is -0.332 e. The van der Waals surface area contributed by atoms with Gasteiger partial charge < -0.3 is 4.90 Å². The third-order valence-corrected chi connectivity index (χ3v) is 6.51. The summed E-state index contributed by atoms with van der Waals surface area (Å²) in [4.78, 5) is 14.6. The molecule has 0 aromatic heterocycles. The lowest BCUT2D eigenvalue weighted by atomic mass is 10.1. The van der Waals surface area contributed by atoms with Gasteiger partial charge in [0.1, 0.15) is 0 Å². The summed E-state index contributed by atoms with van der Waals surface area (Å²) >= 11 is 9.48. The van der Waals surface area contributed by atoms with E-state index in [1.807, 2.05) is 0 Å². The van der Waals surface area contributed by atoms with Gasteiger partial charge >= 0.3 is 0 Å². The van der Waals surface area contributed by atoms with Crippen LogP contribution in [0.1, 0.15) is 29.6 Å². The first-order valence-electron chi connectivity index (χ1n) is 6.85. The average molecular weight is 393 g/mol. The van der Waals surface area contributed by atoms with Crippen molar-refractivity contribution in [2.24, 2.45) is 0 Å². The van der Waals surface area contributed by atoms with Crippen molar-refractivity contribution in [3.05, 3.63) is 33.3 Å². The summed E-state index contributed by atoms with van der Waals surface area (Å²) < 4.78 is 24.2. The maximum atomic E-state index is 12.8. The number of sulfone groups is 1. The van der Waals surface area contributed by atoms with E-state index < -0.39 is 9.84 Å². The van der Waals surface area contributed by atoms with Crippen molar-refractivity contribution in [2.45, 2.75) is 31.3 Å². The predicted octanol–water partition coefficient (Wildman–Crippen LogP) is 2.89. The molecule has 2 fully saturated rings. The van der Waals surface area contributed by atoms with Gasteiger partial charge in [-0.25, -0.2) is 8.42 Å². The van der Waals surface area contributed by atoms with E-state index in [9.17, 15) is 13.2 Å². The molecule has 1 aliphatic carbocycles. The summed E-state index contributed by atoms with van der Waals surface area (Å²) in [7, 11) is -3.02. The van der Waals surface area contributed by atoms with Crippen LogP contribution in [0.3, 0.4) is 0 Å². The van der Waals surface area contributed by atoms with Crippen molar-refractivity contribution in [1.82, 2.24) is 4.90 Å². The van der Waals surface area contributed by atoms with E-state index in [-0.39, 0.29) is 29.5 Å². The molecule has 4 nitrogen and oxygen atoms in total. The Bertz CT molecular complexity index is 687. The van der Waals surface area contributed by atoms with Gasteiger partial charge in [-0.15, -0.1) is 0 Å². The second-order valence-electron chi connectivity index (χ2n) is 5.62. The molecule has 1 unspecified atom stereocenters. The Labute approximate surface area is 137 Å². The Balaban J connectivity index is 1.91. The first-order valence-corrected chi connectivity index (χ1v) is 9.85. The van der Waals surface area contributed by atoms with Crippen LogP contribution in [-0.2, 0) is 9.84 Å². The maximum absolute atomic E-state index is 12.8. The van der Waals surface area contributed by atoms with Crippen LogP contribution in [-0.4, -0.2) is 42.8 Å². The van der Waals surface area contributed by atoms with Gasteiger partial charge in [-0.05, 0) is 37.5 Å². The molecule has 1 saturated heterocycles. The molecule has 114 valence electrons. The van der Waals surface area contributed by atoms with Crippen molar-refractivity contribution < 1.29 is 13.2 Å². The van der Waals surface area contributed by atoms with Gasteiger partial charge in [0, 0.05) is 16.6 Å². The Morgan fingerprint density at radius 1 is 1.24 bits per heavy atom. The minimum atomic E-state index is -3.02. The van der Waals surface area contributed by atoms with Crippen molar-refractivity contribution in [3.63, 3.8) is 0 Å². The van der Waals surface area contributed by atoms with Gasteiger partial charge in [-0.1, -0.05) is 27.5 Å². The van der Waals surface area contributed by atoms with Crippen molar-refractivity contribution in [1.29, 1.82) is 0 Å². The topological polar surface area (TPSA) is 54.5 Å². The molecule has 0 N–H and O–H groups in total. The molecule has 0 bridgehead atoms. The van der Waals surface area contributed by atoms with E-state index in [1.165, 1.54) is 0 Å². The number of hydrogen-bond acceptors (Lipinski definition) is 3. The van der Waals surface area contributed by atoms with Crippen LogP contribution >= 0.6 is 27.5 Å². The molecule has 3 rings (SSSR count). The zero-order chi connectivity index (χ0) is 15.2. The summed E-state index contributed by atoms with van der Waals surface area (Å²) in [5.41, 5.74) is 0.433. The van der Waals surface area contributed by atoms with E-state index in [4.69, 9.17) is 11.6 Å². The second kappa shape index (κ2) is 5.56. The number of rotatable bonds is 3. The maximum Gasteiger partial charge on any atom is 0.255 e. The molecule has 0 radical (unpaired) electrons. The zero-order valence-corrected chi connectivity index (χ0v) is 14.4. The van der Waals surface area contributed by atoms with Crippen molar-refractivity contribution in [3.8, 4) is 0 Å². The lowest BCUT2D eigenvalue weighted by Crippen LogP contribution is -2.42. The van der Waals surface area contributed by atoms with Crippen molar-refractivity contribution >= 4 is 43.3 Å². The van der Waals surface area contributed by atoms with Crippen LogP contribution in [0.15, 0.2) is 22.7 Å². The third kappa shape index (κ3) is 3.27. The fourth-order valence-corrected chi connectivity index (χ4v) is 5.05. The van der Waals surface area contributed by atoms with Crippen LogP contribution in [0.4, 0.5) is 0 Å². The normalized spacial score (nSPS) is 24.0. The summed E-state index contributed by atoms with van der Waals surface area (Å²) in [6.45, 7) is 0. The molecule has 2 aliphatic rings. The number of hydrogen-bond donors (Lipinski definition) is 0. The van der Waals surface area contributed by atoms with Gasteiger partial charge in [-0.3, -0.25) is 4.79 Å². The van der Waals surface area contributed by atoms with Gasteiger partial charge in [0.2, 0.25) is 0 Å². The number of carbonyl (C=O) groups excluding carboxylic acids is 1. The lowest BCUT2D eigenvalue weighted by molar-refractivity contribution is 0.0681.